The number of para-hydroxylation sites is 1. The van der Waals surface area contributed by atoms with Crippen LogP contribution < -0.4 is 14.8 Å². The fraction of sp³-hybridized carbons (Fsp3) is 0.222. The molecule has 9 heteroatoms. The summed E-state index contributed by atoms with van der Waals surface area (Å²) in [4.78, 5) is 17.2. The number of carbonyl (C=O) groups excluding carboxylic acids is 1. The smallest absolute Gasteiger partial charge is 0.387 e. The van der Waals surface area contributed by atoms with E-state index in [1.807, 2.05) is 0 Å². The predicted molar refractivity (Wildman–Crippen MR) is 97.8 cm³/mol. The van der Waals surface area contributed by atoms with E-state index in [-0.39, 0.29) is 11.3 Å². The first-order chi connectivity index (χ1) is 12.9. The lowest BCUT2D eigenvalue weighted by Crippen LogP contribution is -2.26. The van der Waals surface area contributed by atoms with Gasteiger partial charge < -0.3 is 19.6 Å². The lowest BCUT2D eigenvalue weighted by molar-refractivity contribution is -0.126. The van der Waals surface area contributed by atoms with Gasteiger partial charge in [0.25, 0.3) is 5.91 Å². The van der Waals surface area contributed by atoms with Gasteiger partial charge in [0.2, 0.25) is 6.10 Å². The minimum atomic E-state index is -2.96. The summed E-state index contributed by atoms with van der Waals surface area (Å²) in [6.07, 6.45) is 0.247. The Labute approximate surface area is 159 Å². The minimum Gasteiger partial charge on any atom is -0.495 e. The van der Waals surface area contributed by atoms with Crippen LogP contribution in [0.5, 0.6) is 11.5 Å². The van der Waals surface area contributed by atoms with Crippen LogP contribution in [0.1, 0.15) is 12.5 Å². The molecule has 6 nitrogen and oxygen atoms in total. The molecule has 0 aliphatic heterocycles. The fourth-order valence-corrected chi connectivity index (χ4v) is 2.26. The first kappa shape index (κ1) is 20.4. The number of carbonyl (C=O) groups is 1. The highest BCUT2D eigenvalue weighted by atomic mass is 35.5. The molecule has 2 aromatic carbocycles. The van der Waals surface area contributed by atoms with E-state index in [0.29, 0.717) is 16.5 Å². The van der Waals surface area contributed by atoms with Crippen LogP contribution >= 0.6 is 11.6 Å². The summed E-state index contributed by atoms with van der Waals surface area (Å²) in [5, 5.41) is 6.62. The van der Waals surface area contributed by atoms with Gasteiger partial charge in [-0.3, -0.25) is 4.79 Å². The normalized spacial score (nSPS) is 12.1. The molecule has 0 bridgehead atoms. The van der Waals surface area contributed by atoms with E-state index in [0.717, 1.165) is 0 Å². The molecule has 144 valence electrons. The number of nitrogens with zero attached hydrogens (tertiary/aromatic N) is 1. The molecule has 27 heavy (non-hydrogen) atoms. The molecule has 0 saturated heterocycles. The molecular weight excluding hydrogens is 382 g/mol. The van der Waals surface area contributed by atoms with Crippen LogP contribution in [0, 0.1) is 0 Å². The highest BCUT2D eigenvalue weighted by Gasteiger charge is 2.15. The Hall–Kier alpha value is -2.87. The van der Waals surface area contributed by atoms with Gasteiger partial charge in [-0.05, 0) is 37.3 Å². The maximum atomic E-state index is 12.4. The number of amides is 1. The molecule has 0 spiro atoms. The molecule has 0 aliphatic rings. The van der Waals surface area contributed by atoms with Gasteiger partial charge >= 0.3 is 6.61 Å². The molecule has 1 atom stereocenters. The van der Waals surface area contributed by atoms with Crippen LogP contribution in [-0.2, 0) is 9.63 Å². The van der Waals surface area contributed by atoms with Crippen molar-refractivity contribution in [1.29, 1.82) is 0 Å². The summed E-state index contributed by atoms with van der Waals surface area (Å²) < 4.78 is 34.2. The van der Waals surface area contributed by atoms with E-state index in [1.54, 1.807) is 24.3 Å². The van der Waals surface area contributed by atoms with Crippen LogP contribution in [0.2, 0.25) is 5.02 Å². The van der Waals surface area contributed by atoms with E-state index in [4.69, 9.17) is 21.2 Å². The number of benzene rings is 2. The number of methoxy groups -OCH3 is 1. The molecule has 0 saturated carbocycles. The largest absolute Gasteiger partial charge is 0.495 e. The molecule has 1 unspecified atom stereocenters. The lowest BCUT2D eigenvalue weighted by Gasteiger charge is -2.12. The average molecular weight is 399 g/mol. The maximum Gasteiger partial charge on any atom is 0.387 e. The first-order valence-electron chi connectivity index (χ1n) is 7.78. The Morgan fingerprint density at radius 3 is 2.63 bits per heavy atom. The Morgan fingerprint density at radius 2 is 1.96 bits per heavy atom. The number of alkyl halides is 2. The molecule has 0 aromatic heterocycles. The second kappa shape index (κ2) is 9.72. The van der Waals surface area contributed by atoms with Crippen molar-refractivity contribution in [1.82, 2.24) is 0 Å². The second-order valence-corrected chi connectivity index (χ2v) is 5.64. The highest BCUT2D eigenvalue weighted by molar-refractivity contribution is 6.32. The Morgan fingerprint density at radius 1 is 1.22 bits per heavy atom. The van der Waals surface area contributed by atoms with Crippen LogP contribution in [0.25, 0.3) is 0 Å². The van der Waals surface area contributed by atoms with E-state index >= 15 is 0 Å². The van der Waals surface area contributed by atoms with Crippen LogP contribution in [0.15, 0.2) is 47.6 Å². The van der Waals surface area contributed by atoms with Crippen molar-refractivity contribution >= 4 is 29.4 Å². The minimum absolute atomic E-state index is 0.0511. The standard InChI is InChI=1S/C18H17ClF2N2O4/c1-11(17(24)23-13-7-8-16(25-2)14(19)9-13)27-22-10-12-5-3-4-6-15(12)26-18(20)21/h3-11,18H,1-2H3,(H,23,24)/b22-10+. The number of ether oxygens (including phenoxy) is 2. The number of oxime groups is 1. The van der Waals surface area contributed by atoms with Gasteiger partial charge in [0.15, 0.2) is 0 Å². The molecule has 1 N–H and O–H groups in total. The van der Waals surface area contributed by atoms with Crippen molar-refractivity contribution in [2.75, 3.05) is 12.4 Å². The van der Waals surface area contributed by atoms with Gasteiger partial charge in [-0.2, -0.15) is 8.78 Å². The molecule has 0 aliphatic carbocycles. The van der Waals surface area contributed by atoms with Gasteiger partial charge in [-0.1, -0.05) is 28.9 Å². The molecular formula is C18H17ClF2N2O4. The SMILES string of the molecule is COc1ccc(NC(=O)C(C)O/N=C/c2ccccc2OC(F)F)cc1Cl. The zero-order chi connectivity index (χ0) is 19.8. The van der Waals surface area contributed by atoms with Crippen molar-refractivity contribution in [2.24, 2.45) is 5.16 Å². The Bertz CT molecular complexity index is 818. The van der Waals surface area contributed by atoms with Crippen LogP contribution in [0.3, 0.4) is 0 Å². The summed E-state index contributed by atoms with van der Waals surface area (Å²) >= 11 is 6.00. The van der Waals surface area contributed by atoms with Crippen molar-refractivity contribution in [2.45, 2.75) is 19.6 Å². The number of anilines is 1. The van der Waals surface area contributed by atoms with Crippen LogP contribution in [0.4, 0.5) is 14.5 Å². The number of halogens is 3. The van der Waals surface area contributed by atoms with E-state index in [9.17, 15) is 13.6 Å². The highest BCUT2D eigenvalue weighted by Crippen LogP contribution is 2.27. The topological polar surface area (TPSA) is 69.2 Å². The van der Waals surface area contributed by atoms with Gasteiger partial charge in [0.05, 0.1) is 18.3 Å². The van der Waals surface area contributed by atoms with Crippen molar-refractivity contribution < 1.29 is 27.9 Å². The summed E-state index contributed by atoms with van der Waals surface area (Å²) in [6, 6.07) is 10.8. The number of nitrogens with one attached hydrogen (secondary N) is 1. The zero-order valence-electron chi connectivity index (χ0n) is 14.5. The maximum absolute atomic E-state index is 12.4. The molecule has 0 heterocycles. The molecule has 1 amide bonds. The third kappa shape index (κ3) is 6.10. The zero-order valence-corrected chi connectivity index (χ0v) is 15.2. The van der Waals surface area contributed by atoms with E-state index in [1.165, 1.54) is 38.4 Å². The van der Waals surface area contributed by atoms with Gasteiger partial charge in [0, 0.05) is 11.3 Å². The van der Waals surface area contributed by atoms with Gasteiger partial charge in [0.1, 0.15) is 11.5 Å². The monoisotopic (exact) mass is 398 g/mol. The number of hydrogen-bond donors (Lipinski definition) is 1. The van der Waals surface area contributed by atoms with Crippen molar-refractivity contribution in [3.63, 3.8) is 0 Å². The number of hydrogen-bond acceptors (Lipinski definition) is 5. The summed E-state index contributed by atoms with van der Waals surface area (Å²) in [7, 11) is 1.48. The summed E-state index contributed by atoms with van der Waals surface area (Å²) in [5.41, 5.74) is 0.744. The van der Waals surface area contributed by atoms with Gasteiger partial charge in [-0.25, -0.2) is 0 Å². The first-order valence-corrected chi connectivity index (χ1v) is 8.16. The molecule has 2 aromatic rings. The quantitative estimate of drug-likeness (QED) is 0.531. The molecule has 0 fully saturated rings. The summed E-state index contributed by atoms with van der Waals surface area (Å²) in [5.74, 6) is -0.0384. The third-order valence-corrected chi connectivity index (χ3v) is 3.63. The van der Waals surface area contributed by atoms with Crippen LogP contribution in [-0.4, -0.2) is 31.9 Å². The molecule has 2 rings (SSSR count). The van der Waals surface area contributed by atoms with Crippen molar-refractivity contribution in [3.8, 4) is 11.5 Å². The Balaban J connectivity index is 1.95. The second-order valence-electron chi connectivity index (χ2n) is 5.24. The lowest BCUT2D eigenvalue weighted by atomic mass is 10.2. The van der Waals surface area contributed by atoms with E-state index < -0.39 is 18.6 Å². The summed E-state index contributed by atoms with van der Waals surface area (Å²) in [6.45, 7) is -1.47. The fourth-order valence-electron chi connectivity index (χ4n) is 2.00. The van der Waals surface area contributed by atoms with Crippen molar-refractivity contribution in [3.05, 3.63) is 53.1 Å². The predicted octanol–water partition coefficient (Wildman–Crippen LogP) is 4.33. The van der Waals surface area contributed by atoms with E-state index in [2.05, 4.69) is 15.2 Å². The Kier molecular flexibility index (Phi) is 7.36. The average Bonchev–Trinajstić information content (AvgIpc) is 2.62. The number of rotatable bonds is 8. The molecule has 0 radical (unpaired) electrons. The third-order valence-electron chi connectivity index (χ3n) is 3.33. The van der Waals surface area contributed by atoms with Gasteiger partial charge in [-0.15, -0.1) is 0 Å².